The molecule has 1 fully saturated rings. The second-order valence-corrected chi connectivity index (χ2v) is 5.58. The Hall–Kier alpha value is -1.10. The van der Waals surface area contributed by atoms with Gasteiger partial charge in [-0.05, 0) is 11.6 Å². The van der Waals surface area contributed by atoms with E-state index in [1.54, 1.807) is 19.3 Å². The van der Waals surface area contributed by atoms with E-state index in [0.717, 1.165) is 10.9 Å². The summed E-state index contributed by atoms with van der Waals surface area (Å²) in [6.07, 6.45) is 1.65. The fraction of sp³-hybridized carbons (Fsp3) is 0.385. The zero-order valence-corrected chi connectivity index (χ0v) is 11.8. The van der Waals surface area contributed by atoms with Crippen molar-refractivity contribution in [1.29, 1.82) is 0 Å². The molecule has 2 aromatic rings. The third-order valence-electron chi connectivity index (χ3n) is 3.47. The topological polar surface area (TPSA) is 44.1 Å². The van der Waals surface area contributed by atoms with E-state index in [9.17, 15) is 4.79 Å². The maximum atomic E-state index is 12.1. The van der Waals surface area contributed by atoms with Gasteiger partial charge in [0.2, 0.25) is 0 Å². The van der Waals surface area contributed by atoms with Crippen LogP contribution in [0.3, 0.4) is 0 Å². The molecule has 0 saturated carbocycles. The number of fused-ring (bicyclic) bond motifs is 1. The van der Waals surface area contributed by atoms with Gasteiger partial charge in [-0.2, -0.15) is 5.10 Å². The summed E-state index contributed by atoms with van der Waals surface area (Å²) in [6.45, 7) is 1.30. The molecule has 4 nitrogen and oxygen atoms in total. The second kappa shape index (κ2) is 4.78. The predicted octanol–water partition coefficient (Wildman–Crippen LogP) is 2.51. The molecule has 0 bridgehead atoms. The molecule has 2 heterocycles. The van der Waals surface area contributed by atoms with Crippen molar-refractivity contribution >= 4 is 34.0 Å². The average molecular weight is 299 g/mol. The van der Waals surface area contributed by atoms with Crippen molar-refractivity contribution in [1.82, 2.24) is 9.78 Å². The molecule has 0 N–H and O–H groups in total. The SMILES string of the molecule is Cn1ncc2c(C(Cl)C3COC3)ccc(Cl)c2c1=O. The van der Waals surface area contributed by atoms with Gasteiger partial charge in [-0.3, -0.25) is 4.79 Å². The minimum atomic E-state index is -0.210. The Morgan fingerprint density at radius 3 is 2.84 bits per heavy atom. The lowest BCUT2D eigenvalue weighted by molar-refractivity contribution is -0.0335. The summed E-state index contributed by atoms with van der Waals surface area (Å²) in [6, 6.07) is 3.58. The van der Waals surface area contributed by atoms with Crippen LogP contribution in [-0.2, 0) is 11.8 Å². The van der Waals surface area contributed by atoms with E-state index in [4.69, 9.17) is 27.9 Å². The Morgan fingerprint density at radius 2 is 2.21 bits per heavy atom. The van der Waals surface area contributed by atoms with E-state index >= 15 is 0 Å². The molecule has 1 atom stereocenters. The molecule has 0 spiro atoms. The summed E-state index contributed by atoms with van der Waals surface area (Å²) in [7, 11) is 1.60. The maximum Gasteiger partial charge on any atom is 0.275 e. The van der Waals surface area contributed by atoms with Crippen LogP contribution >= 0.6 is 23.2 Å². The largest absolute Gasteiger partial charge is 0.381 e. The first-order valence-electron chi connectivity index (χ1n) is 5.96. The molecule has 1 aliphatic heterocycles. The van der Waals surface area contributed by atoms with Gasteiger partial charge in [-0.1, -0.05) is 17.7 Å². The minimum absolute atomic E-state index is 0.192. The van der Waals surface area contributed by atoms with E-state index in [-0.39, 0.29) is 16.9 Å². The number of hydrogen-bond donors (Lipinski definition) is 0. The van der Waals surface area contributed by atoms with Gasteiger partial charge in [0.15, 0.2) is 0 Å². The van der Waals surface area contributed by atoms with E-state index in [0.29, 0.717) is 23.6 Å². The van der Waals surface area contributed by atoms with Crippen LogP contribution in [0.4, 0.5) is 0 Å². The minimum Gasteiger partial charge on any atom is -0.381 e. The van der Waals surface area contributed by atoms with Crippen LogP contribution in [0.1, 0.15) is 10.9 Å². The molecule has 0 radical (unpaired) electrons. The number of aromatic nitrogens is 2. The molecule has 1 aromatic carbocycles. The molecule has 0 amide bonds. The number of rotatable bonds is 2. The molecule has 100 valence electrons. The molecule has 1 aliphatic rings. The number of alkyl halides is 1. The number of benzene rings is 1. The van der Waals surface area contributed by atoms with Crippen LogP contribution < -0.4 is 5.56 Å². The number of ether oxygens (including phenoxy) is 1. The van der Waals surface area contributed by atoms with Crippen LogP contribution in [-0.4, -0.2) is 23.0 Å². The lowest BCUT2D eigenvalue weighted by Gasteiger charge is -2.30. The Morgan fingerprint density at radius 1 is 1.47 bits per heavy atom. The van der Waals surface area contributed by atoms with E-state index in [2.05, 4.69) is 5.10 Å². The summed E-state index contributed by atoms with van der Waals surface area (Å²) < 4.78 is 6.44. The Balaban J connectivity index is 2.24. The number of hydrogen-bond acceptors (Lipinski definition) is 3. The highest BCUT2D eigenvalue weighted by molar-refractivity contribution is 6.35. The van der Waals surface area contributed by atoms with Crippen LogP contribution in [0.5, 0.6) is 0 Å². The molecular formula is C13H12Cl2N2O2. The van der Waals surface area contributed by atoms with Gasteiger partial charge in [0, 0.05) is 18.4 Å². The monoisotopic (exact) mass is 298 g/mol. The molecule has 0 aliphatic carbocycles. The maximum absolute atomic E-state index is 12.1. The first-order valence-corrected chi connectivity index (χ1v) is 6.77. The molecule has 1 aromatic heterocycles. The highest BCUT2D eigenvalue weighted by atomic mass is 35.5. The van der Waals surface area contributed by atoms with Crippen LogP contribution in [0, 0.1) is 5.92 Å². The number of aryl methyl sites for hydroxylation is 1. The quantitative estimate of drug-likeness (QED) is 0.800. The van der Waals surface area contributed by atoms with Gasteiger partial charge in [0.1, 0.15) is 0 Å². The Kier molecular flexibility index (Phi) is 3.25. The summed E-state index contributed by atoms with van der Waals surface area (Å²) in [5, 5.41) is 5.48. The summed E-state index contributed by atoms with van der Waals surface area (Å²) >= 11 is 12.6. The second-order valence-electron chi connectivity index (χ2n) is 4.70. The van der Waals surface area contributed by atoms with E-state index in [1.807, 2.05) is 6.07 Å². The fourth-order valence-corrected chi connectivity index (χ4v) is 2.82. The lowest BCUT2D eigenvalue weighted by atomic mass is 9.94. The summed E-state index contributed by atoms with van der Waals surface area (Å²) in [4.78, 5) is 12.1. The fourth-order valence-electron chi connectivity index (χ4n) is 2.24. The molecule has 19 heavy (non-hydrogen) atoms. The van der Waals surface area contributed by atoms with Crippen molar-refractivity contribution in [3.63, 3.8) is 0 Å². The average Bonchev–Trinajstić information content (AvgIpc) is 2.31. The van der Waals surface area contributed by atoms with E-state index in [1.165, 1.54) is 4.68 Å². The van der Waals surface area contributed by atoms with Gasteiger partial charge in [0.05, 0.1) is 35.2 Å². The Bertz CT molecular complexity index is 695. The summed E-state index contributed by atoms with van der Waals surface area (Å²) in [5.41, 5.74) is 0.678. The van der Waals surface area contributed by atoms with Gasteiger partial charge in [-0.25, -0.2) is 4.68 Å². The normalized spacial score (nSPS) is 17.4. The Labute approximate surface area is 119 Å². The van der Waals surface area contributed by atoms with Crippen molar-refractivity contribution in [2.45, 2.75) is 5.38 Å². The van der Waals surface area contributed by atoms with Crippen molar-refractivity contribution in [2.24, 2.45) is 13.0 Å². The molecule has 3 rings (SSSR count). The zero-order valence-electron chi connectivity index (χ0n) is 10.3. The van der Waals surface area contributed by atoms with E-state index < -0.39 is 0 Å². The highest BCUT2D eigenvalue weighted by Crippen LogP contribution is 2.38. The van der Waals surface area contributed by atoms with Crippen molar-refractivity contribution < 1.29 is 4.74 Å². The molecular weight excluding hydrogens is 287 g/mol. The van der Waals surface area contributed by atoms with Crippen LogP contribution in [0.25, 0.3) is 10.8 Å². The zero-order chi connectivity index (χ0) is 13.6. The van der Waals surface area contributed by atoms with Gasteiger partial charge in [-0.15, -0.1) is 11.6 Å². The van der Waals surface area contributed by atoms with Crippen molar-refractivity contribution in [3.8, 4) is 0 Å². The van der Waals surface area contributed by atoms with Crippen LogP contribution in [0.2, 0.25) is 5.02 Å². The third kappa shape index (κ3) is 2.04. The first-order chi connectivity index (χ1) is 9.09. The van der Waals surface area contributed by atoms with Crippen molar-refractivity contribution in [3.05, 3.63) is 39.3 Å². The van der Waals surface area contributed by atoms with Gasteiger partial charge in [0.25, 0.3) is 5.56 Å². The number of halogens is 2. The number of nitrogens with zero attached hydrogens (tertiary/aromatic N) is 2. The smallest absolute Gasteiger partial charge is 0.275 e. The molecule has 1 unspecified atom stereocenters. The first kappa shape index (κ1) is 12.9. The standard InChI is InChI=1S/C13H12Cl2N2O2/c1-17-13(18)11-9(4-16-17)8(2-3-10(11)14)12(15)7-5-19-6-7/h2-4,7,12H,5-6H2,1H3. The van der Waals surface area contributed by atoms with Gasteiger partial charge < -0.3 is 4.74 Å². The predicted molar refractivity (Wildman–Crippen MR) is 74.9 cm³/mol. The van der Waals surface area contributed by atoms with Gasteiger partial charge >= 0.3 is 0 Å². The van der Waals surface area contributed by atoms with Crippen LogP contribution in [0.15, 0.2) is 23.1 Å². The lowest BCUT2D eigenvalue weighted by Crippen LogP contribution is -2.31. The highest BCUT2D eigenvalue weighted by Gasteiger charge is 2.29. The van der Waals surface area contributed by atoms with Crippen molar-refractivity contribution in [2.75, 3.05) is 13.2 Å². The molecule has 6 heteroatoms. The third-order valence-corrected chi connectivity index (χ3v) is 4.38. The molecule has 1 saturated heterocycles. The summed E-state index contributed by atoms with van der Waals surface area (Å²) in [5.74, 6) is 0.273.